The molecule has 1 fully saturated rings. The predicted octanol–water partition coefficient (Wildman–Crippen LogP) is 0.784. The zero-order valence-electron chi connectivity index (χ0n) is 14.7. The van der Waals surface area contributed by atoms with Crippen LogP contribution in [0.5, 0.6) is 5.75 Å². The van der Waals surface area contributed by atoms with Crippen LogP contribution in [-0.4, -0.2) is 36.5 Å². The van der Waals surface area contributed by atoms with Crippen molar-refractivity contribution in [3.63, 3.8) is 0 Å². The highest BCUT2D eigenvalue weighted by atomic mass is 16.5. The van der Waals surface area contributed by atoms with Gasteiger partial charge in [-0.2, -0.15) is 0 Å². The summed E-state index contributed by atoms with van der Waals surface area (Å²) < 4.78 is 10.5. The molecule has 1 atom stereocenters. The molecule has 0 spiro atoms. The number of ether oxygens (including phenoxy) is 1. The number of aryl methyl sites for hydroxylation is 1. The summed E-state index contributed by atoms with van der Waals surface area (Å²) in [6.45, 7) is 2.10. The number of fused-ring (bicyclic) bond motifs is 1. The molecular formula is C19H20NO6-. The van der Waals surface area contributed by atoms with Gasteiger partial charge in [0, 0.05) is 18.0 Å². The summed E-state index contributed by atoms with van der Waals surface area (Å²) in [4.78, 5) is 37.6. The third-order valence-electron chi connectivity index (χ3n) is 4.92. The molecule has 3 rings (SSSR count). The molecule has 0 N–H and O–H groups in total. The molecular weight excluding hydrogens is 338 g/mol. The highest BCUT2D eigenvalue weighted by Crippen LogP contribution is 2.25. The zero-order valence-corrected chi connectivity index (χ0v) is 14.7. The van der Waals surface area contributed by atoms with E-state index >= 15 is 0 Å². The lowest BCUT2D eigenvalue weighted by Crippen LogP contribution is -2.53. The molecule has 7 nitrogen and oxygen atoms in total. The SMILES string of the molecule is COc1ccc2c(C)c(CC(=O)N3CCCC[C@H]3C(=O)[O-])c(=O)oc2c1. The maximum absolute atomic E-state index is 12.7. The highest BCUT2D eigenvalue weighted by Gasteiger charge is 2.28. The standard InChI is InChI=1S/C19H21NO6/c1-11-13-7-6-12(25-2)9-16(13)26-19(24)14(11)10-17(21)20-8-4-3-5-15(20)18(22)23/h6-7,9,15H,3-5,8,10H2,1-2H3,(H,22,23)/p-1/t15-/m0/s1. The van der Waals surface area contributed by atoms with Crippen LogP contribution < -0.4 is 15.5 Å². The number of aliphatic carboxylic acids is 1. The molecule has 138 valence electrons. The van der Waals surface area contributed by atoms with Gasteiger partial charge in [-0.05, 0) is 43.9 Å². The van der Waals surface area contributed by atoms with E-state index in [4.69, 9.17) is 9.15 Å². The van der Waals surface area contributed by atoms with Gasteiger partial charge in [0.25, 0.3) is 0 Å². The molecule has 0 bridgehead atoms. The van der Waals surface area contributed by atoms with Crippen LogP contribution in [0.4, 0.5) is 0 Å². The van der Waals surface area contributed by atoms with Gasteiger partial charge in [0.15, 0.2) is 0 Å². The topological polar surface area (TPSA) is 99.9 Å². The molecule has 0 radical (unpaired) electrons. The number of likely N-dealkylation sites (tertiary alicyclic amines) is 1. The molecule has 1 aromatic carbocycles. The number of carbonyl (C=O) groups is 2. The average molecular weight is 358 g/mol. The first kappa shape index (κ1) is 18.0. The smallest absolute Gasteiger partial charge is 0.340 e. The molecule has 1 aliphatic rings. The number of nitrogens with zero attached hydrogens (tertiary/aromatic N) is 1. The van der Waals surface area contributed by atoms with E-state index in [-0.39, 0.29) is 12.0 Å². The van der Waals surface area contributed by atoms with Gasteiger partial charge in [0.05, 0.1) is 31.1 Å². The van der Waals surface area contributed by atoms with Gasteiger partial charge in [-0.3, -0.25) is 4.79 Å². The molecule has 0 unspecified atom stereocenters. The Morgan fingerprint density at radius 3 is 2.81 bits per heavy atom. The Bertz CT molecular complexity index is 916. The number of rotatable bonds is 4. The minimum absolute atomic E-state index is 0.195. The van der Waals surface area contributed by atoms with Gasteiger partial charge in [-0.15, -0.1) is 0 Å². The summed E-state index contributed by atoms with van der Waals surface area (Å²) in [5.41, 5.74) is 0.678. The molecule has 2 heterocycles. The van der Waals surface area contributed by atoms with Crippen molar-refractivity contribution >= 4 is 22.8 Å². The fourth-order valence-electron chi connectivity index (χ4n) is 3.43. The van der Waals surface area contributed by atoms with Crippen molar-refractivity contribution in [2.75, 3.05) is 13.7 Å². The first-order valence-electron chi connectivity index (χ1n) is 8.53. The fraction of sp³-hybridized carbons (Fsp3) is 0.421. The lowest BCUT2D eigenvalue weighted by atomic mass is 9.99. The van der Waals surface area contributed by atoms with Crippen LogP contribution in [-0.2, 0) is 16.0 Å². The zero-order chi connectivity index (χ0) is 18.8. The third-order valence-corrected chi connectivity index (χ3v) is 4.92. The van der Waals surface area contributed by atoms with Gasteiger partial charge < -0.3 is 24.0 Å². The van der Waals surface area contributed by atoms with Crippen LogP contribution in [0.1, 0.15) is 30.4 Å². The van der Waals surface area contributed by atoms with Crippen LogP contribution in [0, 0.1) is 6.92 Å². The number of hydrogen-bond acceptors (Lipinski definition) is 6. The summed E-state index contributed by atoms with van der Waals surface area (Å²) in [6, 6.07) is 4.20. The van der Waals surface area contributed by atoms with Crippen LogP contribution in [0.25, 0.3) is 11.0 Å². The summed E-state index contributed by atoms with van der Waals surface area (Å²) >= 11 is 0. The Balaban J connectivity index is 1.94. The van der Waals surface area contributed by atoms with E-state index < -0.39 is 23.5 Å². The molecule has 0 saturated carbocycles. The molecule has 1 amide bonds. The summed E-state index contributed by atoms with van der Waals surface area (Å²) in [6.07, 6.45) is 1.65. The fourth-order valence-corrected chi connectivity index (χ4v) is 3.43. The number of methoxy groups -OCH3 is 1. The molecule has 1 saturated heterocycles. The van der Waals surface area contributed by atoms with Crippen molar-refractivity contribution in [3.05, 3.63) is 39.7 Å². The summed E-state index contributed by atoms with van der Waals surface area (Å²) in [5.74, 6) is -1.09. The van der Waals surface area contributed by atoms with Gasteiger partial charge in [-0.25, -0.2) is 4.79 Å². The first-order chi connectivity index (χ1) is 12.4. The quantitative estimate of drug-likeness (QED) is 0.749. The Morgan fingerprint density at radius 2 is 2.12 bits per heavy atom. The van der Waals surface area contributed by atoms with Crippen molar-refractivity contribution in [1.82, 2.24) is 4.90 Å². The average Bonchev–Trinajstić information content (AvgIpc) is 2.64. The largest absolute Gasteiger partial charge is 0.548 e. The predicted molar refractivity (Wildman–Crippen MR) is 91.8 cm³/mol. The summed E-state index contributed by atoms with van der Waals surface area (Å²) in [5, 5.41) is 12.0. The van der Waals surface area contributed by atoms with Crippen molar-refractivity contribution in [2.45, 2.75) is 38.6 Å². The number of benzene rings is 1. The van der Waals surface area contributed by atoms with E-state index in [0.29, 0.717) is 35.2 Å². The monoisotopic (exact) mass is 358 g/mol. The number of piperidine rings is 1. The minimum Gasteiger partial charge on any atom is -0.548 e. The van der Waals surface area contributed by atoms with Gasteiger partial charge in [-0.1, -0.05) is 0 Å². The maximum atomic E-state index is 12.7. The number of amides is 1. The van der Waals surface area contributed by atoms with E-state index in [1.54, 1.807) is 25.1 Å². The second-order valence-electron chi connectivity index (χ2n) is 6.45. The van der Waals surface area contributed by atoms with Crippen LogP contribution in [0.2, 0.25) is 0 Å². The van der Waals surface area contributed by atoms with E-state index in [2.05, 4.69) is 0 Å². The molecule has 1 aromatic heterocycles. The normalized spacial score (nSPS) is 17.3. The maximum Gasteiger partial charge on any atom is 0.340 e. The number of carbonyl (C=O) groups excluding carboxylic acids is 2. The van der Waals surface area contributed by atoms with E-state index in [9.17, 15) is 19.5 Å². The lowest BCUT2D eigenvalue weighted by Gasteiger charge is -2.36. The second kappa shape index (κ2) is 7.19. The number of carboxylic acids is 1. The van der Waals surface area contributed by atoms with E-state index in [1.165, 1.54) is 12.0 Å². The van der Waals surface area contributed by atoms with Crippen LogP contribution in [0.3, 0.4) is 0 Å². The van der Waals surface area contributed by atoms with Gasteiger partial charge >= 0.3 is 5.63 Å². The van der Waals surface area contributed by atoms with Crippen LogP contribution in [0.15, 0.2) is 27.4 Å². The first-order valence-corrected chi connectivity index (χ1v) is 8.53. The lowest BCUT2D eigenvalue weighted by molar-refractivity contribution is -0.312. The molecule has 26 heavy (non-hydrogen) atoms. The Kier molecular flexibility index (Phi) is 4.97. The third kappa shape index (κ3) is 3.29. The Labute approximate surface area is 150 Å². The van der Waals surface area contributed by atoms with Crippen LogP contribution >= 0.6 is 0 Å². The Hall–Kier alpha value is -2.83. The number of hydrogen-bond donors (Lipinski definition) is 0. The van der Waals surface area contributed by atoms with Crippen molar-refractivity contribution < 1.29 is 23.8 Å². The Morgan fingerprint density at radius 1 is 1.35 bits per heavy atom. The van der Waals surface area contributed by atoms with Gasteiger partial charge in [0.2, 0.25) is 5.91 Å². The summed E-state index contributed by atoms with van der Waals surface area (Å²) in [7, 11) is 1.52. The molecule has 7 heteroatoms. The molecule has 1 aliphatic heterocycles. The van der Waals surface area contributed by atoms with Crippen molar-refractivity contribution in [3.8, 4) is 5.75 Å². The number of carboxylic acid groups (broad SMARTS) is 1. The van der Waals surface area contributed by atoms with Gasteiger partial charge in [0.1, 0.15) is 11.3 Å². The minimum atomic E-state index is -1.26. The van der Waals surface area contributed by atoms with Crippen molar-refractivity contribution in [1.29, 1.82) is 0 Å². The van der Waals surface area contributed by atoms with E-state index in [0.717, 1.165) is 12.8 Å². The second-order valence-corrected chi connectivity index (χ2v) is 6.45. The molecule has 0 aliphatic carbocycles. The molecule has 2 aromatic rings. The van der Waals surface area contributed by atoms with Crippen molar-refractivity contribution in [2.24, 2.45) is 0 Å². The highest BCUT2D eigenvalue weighted by molar-refractivity contribution is 5.87. The van der Waals surface area contributed by atoms with E-state index in [1.807, 2.05) is 0 Å².